The monoisotopic (exact) mass is 568 g/mol. The summed E-state index contributed by atoms with van der Waals surface area (Å²) in [5.74, 6) is -0.0834. The summed E-state index contributed by atoms with van der Waals surface area (Å²) in [6.07, 6.45) is 0.341. The van der Waals surface area contributed by atoms with Crippen molar-refractivity contribution in [2.75, 3.05) is 13.2 Å². The van der Waals surface area contributed by atoms with E-state index in [9.17, 15) is 14.0 Å². The first-order valence-corrected chi connectivity index (χ1v) is 13.2. The van der Waals surface area contributed by atoms with E-state index in [1.165, 1.54) is 17.0 Å². The van der Waals surface area contributed by atoms with Crippen molar-refractivity contribution in [1.29, 1.82) is 0 Å². The van der Waals surface area contributed by atoms with Gasteiger partial charge in [-0.25, -0.2) is 4.39 Å². The van der Waals surface area contributed by atoms with E-state index < -0.39 is 6.04 Å². The summed E-state index contributed by atoms with van der Waals surface area (Å²) < 4.78 is 20.5. The number of halogens is 2. The molecule has 0 spiro atoms. The quantitative estimate of drug-likeness (QED) is 0.309. The minimum Gasteiger partial charge on any atom is -0.484 e. The molecule has 0 aromatic heterocycles. The van der Waals surface area contributed by atoms with Crippen molar-refractivity contribution in [2.24, 2.45) is 5.92 Å². The van der Waals surface area contributed by atoms with Crippen LogP contribution in [0.4, 0.5) is 4.39 Å². The van der Waals surface area contributed by atoms with Crippen LogP contribution >= 0.6 is 15.9 Å². The summed E-state index contributed by atoms with van der Waals surface area (Å²) in [4.78, 5) is 28.6. The van der Waals surface area contributed by atoms with Crippen molar-refractivity contribution >= 4 is 27.7 Å². The van der Waals surface area contributed by atoms with E-state index >= 15 is 0 Å². The number of amides is 2. The lowest BCUT2D eigenvalue weighted by Crippen LogP contribution is -2.52. The highest BCUT2D eigenvalue weighted by atomic mass is 79.9. The average molecular weight is 570 g/mol. The van der Waals surface area contributed by atoms with E-state index in [2.05, 4.69) is 21.2 Å². The number of ether oxygens (including phenoxy) is 1. The molecule has 0 radical (unpaired) electrons. The van der Waals surface area contributed by atoms with Gasteiger partial charge in [0, 0.05) is 24.0 Å². The lowest BCUT2D eigenvalue weighted by atomic mass is 10.0. The Morgan fingerprint density at radius 2 is 1.59 bits per heavy atom. The van der Waals surface area contributed by atoms with Crippen LogP contribution in [-0.4, -0.2) is 35.9 Å². The summed E-state index contributed by atoms with van der Waals surface area (Å²) in [5.41, 5.74) is 3.66. The Kier molecular flexibility index (Phi) is 10.3. The van der Waals surface area contributed by atoms with Gasteiger partial charge in [0.15, 0.2) is 6.61 Å². The first-order chi connectivity index (χ1) is 17.6. The molecule has 0 heterocycles. The molecular weight excluding hydrogens is 535 g/mol. The van der Waals surface area contributed by atoms with Crippen LogP contribution in [-0.2, 0) is 22.6 Å². The minimum absolute atomic E-state index is 0.146. The summed E-state index contributed by atoms with van der Waals surface area (Å²) >= 11 is 3.55. The van der Waals surface area contributed by atoms with Gasteiger partial charge in [0.2, 0.25) is 5.91 Å². The fraction of sp³-hybridized carbons (Fsp3) is 0.333. The van der Waals surface area contributed by atoms with Crippen LogP contribution < -0.4 is 10.1 Å². The van der Waals surface area contributed by atoms with Crippen molar-refractivity contribution in [2.45, 2.75) is 46.7 Å². The predicted molar refractivity (Wildman–Crippen MR) is 148 cm³/mol. The average Bonchev–Trinajstić information content (AvgIpc) is 2.88. The maximum Gasteiger partial charge on any atom is 0.261 e. The Bertz CT molecular complexity index is 1180. The molecule has 3 aromatic carbocycles. The Morgan fingerprint density at radius 1 is 0.973 bits per heavy atom. The minimum atomic E-state index is -0.768. The zero-order valence-electron chi connectivity index (χ0n) is 21.8. The summed E-state index contributed by atoms with van der Waals surface area (Å²) in [7, 11) is 0. The second kappa shape index (κ2) is 13.4. The smallest absolute Gasteiger partial charge is 0.261 e. The molecule has 3 rings (SSSR count). The number of nitrogens with zero attached hydrogens (tertiary/aromatic N) is 1. The maximum absolute atomic E-state index is 13.6. The molecule has 0 saturated heterocycles. The van der Waals surface area contributed by atoms with Crippen molar-refractivity contribution in [3.63, 3.8) is 0 Å². The second-order valence-corrected chi connectivity index (χ2v) is 10.4. The number of hydrogen-bond donors (Lipinski definition) is 1. The van der Waals surface area contributed by atoms with E-state index in [0.29, 0.717) is 18.7 Å². The number of rotatable bonds is 11. The normalized spacial score (nSPS) is 11.8. The SMILES string of the molecule is Cc1cc(OCC(=O)N(Cc2ccc(F)cc2)C(Cc2ccccc2)C(=O)NCC(C)C)cc(C)c1Br. The Labute approximate surface area is 227 Å². The van der Waals surface area contributed by atoms with Gasteiger partial charge in [0.05, 0.1) is 0 Å². The number of carbonyl (C=O) groups is 2. The topological polar surface area (TPSA) is 58.6 Å². The number of benzene rings is 3. The molecular formula is C30H34BrFN2O3. The molecule has 1 unspecified atom stereocenters. The molecule has 7 heteroatoms. The molecule has 0 aliphatic carbocycles. The van der Waals surface area contributed by atoms with Gasteiger partial charge >= 0.3 is 0 Å². The van der Waals surface area contributed by atoms with Gasteiger partial charge in [-0.2, -0.15) is 0 Å². The van der Waals surface area contributed by atoms with E-state index in [1.54, 1.807) is 12.1 Å². The van der Waals surface area contributed by atoms with E-state index in [0.717, 1.165) is 26.7 Å². The fourth-order valence-electron chi connectivity index (χ4n) is 3.98. The van der Waals surface area contributed by atoms with Crippen LogP contribution in [0.1, 0.15) is 36.1 Å². The molecule has 0 bridgehead atoms. The Morgan fingerprint density at radius 3 is 2.19 bits per heavy atom. The van der Waals surface area contributed by atoms with Crippen LogP contribution in [0.3, 0.4) is 0 Å². The molecule has 3 aromatic rings. The molecule has 37 heavy (non-hydrogen) atoms. The molecule has 196 valence electrons. The molecule has 1 atom stereocenters. The van der Waals surface area contributed by atoms with Gasteiger partial charge in [0.25, 0.3) is 5.91 Å². The summed E-state index contributed by atoms with van der Waals surface area (Å²) in [6, 6.07) is 18.5. The number of nitrogens with one attached hydrogen (secondary N) is 1. The number of carbonyl (C=O) groups excluding carboxylic acids is 2. The van der Waals surface area contributed by atoms with Crippen molar-refractivity contribution in [3.8, 4) is 5.75 Å². The summed E-state index contributed by atoms with van der Waals surface area (Å²) in [5, 5.41) is 2.99. The highest BCUT2D eigenvalue weighted by molar-refractivity contribution is 9.10. The largest absolute Gasteiger partial charge is 0.484 e. The standard InChI is InChI=1S/C30H34BrFN2O3/c1-20(2)17-33-30(36)27(16-23-8-6-5-7-9-23)34(18-24-10-12-25(32)13-11-24)28(35)19-37-26-14-21(3)29(31)22(4)15-26/h5-15,20,27H,16-19H2,1-4H3,(H,33,36). The van der Waals surface area contributed by atoms with E-state index in [1.807, 2.05) is 70.2 Å². The van der Waals surface area contributed by atoms with E-state index in [-0.39, 0.29) is 36.7 Å². The maximum atomic E-state index is 13.6. The second-order valence-electron chi connectivity index (χ2n) is 9.65. The van der Waals surface area contributed by atoms with Crippen molar-refractivity contribution in [3.05, 3.63) is 99.3 Å². The third-order valence-electron chi connectivity index (χ3n) is 5.99. The molecule has 0 aliphatic heterocycles. The molecule has 2 amide bonds. The third kappa shape index (κ3) is 8.42. The van der Waals surface area contributed by atoms with Gasteiger partial charge in [-0.15, -0.1) is 0 Å². The Balaban J connectivity index is 1.91. The van der Waals surface area contributed by atoms with Gasteiger partial charge in [-0.3, -0.25) is 9.59 Å². The molecule has 0 fully saturated rings. The van der Waals surface area contributed by atoms with Crippen molar-refractivity contribution in [1.82, 2.24) is 10.2 Å². The molecule has 0 aliphatic rings. The van der Waals surface area contributed by atoms with Crippen LogP contribution in [0.15, 0.2) is 71.2 Å². The zero-order valence-corrected chi connectivity index (χ0v) is 23.3. The van der Waals surface area contributed by atoms with Crippen LogP contribution in [0.25, 0.3) is 0 Å². The van der Waals surface area contributed by atoms with Crippen molar-refractivity contribution < 1.29 is 18.7 Å². The fourth-order valence-corrected chi connectivity index (χ4v) is 4.21. The summed E-state index contributed by atoms with van der Waals surface area (Å²) in [6.45, 7) is 8.37. The Hall–Kier alpha value is -3.19. The predicted octanol–water partition coefficient (Wildman–Crippen LogP) is 6.00. The highest BCUT2D eigenvalue weighted by Crippen LogP contribution is 2.26. The van der Waals surface area contributed by atoms with Crippen LogP contribution in [0.2, 0.25) is 0 Å². The van der Waals surface area contributed by atoms with Gasteiger partial charge in [-0.05, 0) is 66.3 Å². The lowest BCUT2D eigenvalue weighted by Gasteiger charge is -2.31. The first kappa shape index (κ1) is 28.4. The lowest BCUT2D eigenvalue weighted by molar-refractivity contribution is -0.142. The van der Waals surface area contributed by atoms with Gasteiger partial charge < -0.3 is 15.0 Å². The number of hydrogen-bond acceptors (Lipinski definition) is 3. The van der Waals surface area contributed by atoms with E-state index in [4.69, 9.17) is 4.74 Å². The van der Waals surface area contributed by atoms with Gasteiger partial charge in [-0.1, -0.05) is 72.2 Å². The number of aryl methyl sites for hydroxylation is 2. The molecule has 1 N–H and O–H groups in total. The van der Waals surface area contributed by atoms with Crippen LogP contribution in [0, 0.1) is 25.6 Å². The highest BCUT2D eigenvalue weighted by Gasteiger charge is 2.30. The van der Waals surface area contributed by atoms with Gasteiger partial charge in [0.1, 0.15) is 17.6 Å². The third-order valence-corrected chi connectivity index (χ3v) is 7.24. The molecule has 0 saturated carbocycles. The van der Waals surface area contributed by atoms with Crippen LogP contribution in [0.5, 0.6) is 5.75 Å². The molecule has 5 nitrogen and oxygen atoms in total. The zero-order chi connectivity index (χ0) is 26.9. The first-order valence-electron chi connectivity index (χ1n) is 12.4.